The molecule has 1 atom stereocenters. The van der Waals surface area contributed by atoms with Crippen LogP contribution in [0.3, 0.4) is 0 Å². The lowest BCUT2D eigenvalue weighted by atomic mass is 9.89. The van der Waals surface area contributed by atoms with E-state index in [0.717, 1.165) is 29.7 Å². The van der Waals surface area contributed by atoms with Crippen molar-refractivity contribution in [1.82, 2.24) is 10.3 Å². The number of aryl methyl sites for hydroxylation is 4. The molecule has 0 saturated carbocycles. The second-order valence-corrected chi connectivity index (χ2v) is 8.15. The lowest BCUT2D eigenvalue weighted by molar-refractivity contribution is -0.119. The molecule has 0 fully saturated rings. The van der Waals surface area contributed by atoms with Gasteiger partial charge in [-0.25, -0.2) is 4.98 Å². The van der Waals surface area contributed by atoms with E-state index in [-0.39, 0.29) is 17.7 Å². The first-order valence-electron chi connectivity index (χ1n) is 9.40. The summed E-state index contributed by atoms with van der Waals surface area (Å²) in [7, 11) is 0. The molecule has 1 N–H and O–H groups in total. The molecule has 140 valence electrons. The van der Waals surface area contributed by atoms with Gasteiger partial charge in [0, 0.05) is 5.69 Å². The lowest BCUT2D eigenvalue weighted by Crippen LogP contribution is -2.28. The second-order valence-electron chi connectivity index (χ2n) is 7.19. The highest BCUT2D eigenvalue weighted by Gasteiger charge is 2.16. The van der Waals surface area contributed by atoms with Crippen LogP contribution < -0.4 is 5.32 Å². The van der Waals surface area contributed by atoms with Crippen molar-refractivity contribution in [2.24, 2.45) is 0 Å². The van der Waals surface area contributed by atoms with Gasteiger partial charge in [-0.05, 0) is 74.8 Å². The van der Waals surface area contributed by atoms with E-state index in [0.29, 0.717) is 10.6 Å². The van der Waals surface area contributed by atoms with Crippen LogP contribution in [0.5, 0.6) is 0 Å². The molecule has 0 aliphatic heterocycles. The van der Waals surface area contributed by atoms with E-state index in [4.69, 9.17) is 0 Å². The van der Waals surface area contributed by atoms with Crippen molar-refractivity contribution in [2.75, 3.05) is 5.75 Å². The molecule has 27 heavy (non-hydrogen) atoms. The van der Waals surface area contributed by atoms with Gasteiger partial charge in [0.1, 0.15) is 11.1 Å². The van der Waals surface area contributed by atoms with Crippen LogP contribution >= 0.6 is 11.8 Å². The third-order valence-corrected chi connectivity index (χ3v) is 5.99. The summed E-state index contributed by atoms with van der Waals surface area (Å²) in [5.74, 6) is 0.204. The molecular formula is C22H25N3OS. The van der Waals surface area contributed by atoms with Crippen molar-refractivity contribution in [2.45, 2.75) is 57.5 Å². The Kier molecular flexibility index (Phi) is 6.18. The number of carbonyl (C=O) groups is 1. The third kappa shape index (κ3) is 4.70. The fourth-order valence-corrected chi connectivity index (χ4v) is 4.48. The average molecular weight is 380 g/mol. The molecule has 1 amide bonds. The van der Waals surface area contributed by atoms with E-state index in [1.165, 1.54) is 35.7 Å². The molecule has 1 aliphatic rings. The van der Waals surface area contributed by atoms with E-state index < -0.39 is 0 Å². The molecule has 0 bridgehead atoms. The van der Waals surface area contributed by atoms with E-state index in [1.807, 2.05) is 26.8 Å². The first-order valence-corrected chi connectivity index (χ1v) is 10.4. The zero-order valence-electron chi connectivity index (χ0n) is 16.1. The van der Waals surface area contributed by atoms with Crippen LogP contribution in [0.4, 0.5) is 0 Å². The van der Waals surface area contributed by atoms with Gasteiger partial charge in [-0.2, -0.15) is 5.26 Å². The summed E-state index contributed by atoms with van der Waals surface area (Å²) in [4.78, 5) is 16.8. The van der Waals surface area contributed by atoms with Gasteiger partial charge in [-0.1, -0.05) is 30.0 Å². The number of nitrogens with one attached hydrogen (secondary N) is 1. The van der Waals surface area contributed by atoms with Crippen LogP contribution in [0.1, 0.15) is 59.3 Å². The van der Waals surface area contributed by atoms with Crippen LogP contribution in [-0.4, -0.2) is 16.6 Å². The largest absolute Gasteiger partial charge is 0.349 e. The number of pyridine rings is 1. The summed E-state index contributed by atoms with van der Waals surface area (Å²) >= 11 is 1.32. The van der Waals surface area contributed by atoms with Crippen molar-refractivity contribution in [1.29, 1.82) is 5.26 Å². The number of hydrogen-bond acceptors (Lipinski definition) is 4. The normalized spacial score (nSPS) is 14.1. The molecule has 1 aromatic carbocycles. The van der Waals surface area contributed by atoms with Crippen LogP contribution in [-0.2, 0) is 17.6 Å². The summed E-state index contributed by atoms with van der Waals surface area (Å²) in [5, 5.41) is 13.0. The Bertz CT molecular complexity index is 901. The van der Waals surface area contributed by atoms with Gasteiger partial charge >= 0.3 is 0 Å². The molecule has 1 aromatic heterocycles. The first kappa shape index (κ1) is 19.4. The number of aromatic nitrogens is 1. The Morgan fingerprint density at radius 2 is 2.00 bits per heavy atom. The number of carbonyl (C=O) groups excluding carboxylic acids is 1. The second kappa shape index (κ2) is 8.58. The fraction of sp³-hybridized carbons (Fsp3) is 0.409. The van der Waals surface area contributed by atoms with E-state index in [9.17, 15) is 10.1 Å². The summed E-state index contributed by atoms with van der Waals surface area (Å²) in [6.07, 6.45) is 4.82. The summed E-state index contributed by atoms with van der Waals surface area (Å²) in [5.41, 5.74) is 6.33. The maximum absolute atomic E-state index is 12.4. The number of nitrogens with zero attached hydrogens (tertiary/aromatic N) is 2. The quantitative estimate of drug-likeness (QED) is 0.781. The molecule has 1 heterocycles. The monoisotopic (exact) mass is 379 g/mol. The maximum atomic E-state index is 12.4. The van der Waals surface area contributed by atoms with Gasteiger partial charge in [0.05, 0.1) is 17.4 Å². The van der Waals surface area contributed by atoms with Crippen molar-refractivity contribution >= 4 is 17.7 Å². The van der Waals surface area contributed by atoms with Crippen LogP contribution in [0.15, 0.2) is 29.3 Å². The predicted octanol–water partition coefficient (Wildman–Crippen LogP) is 4.42. The first-order chi connectivity index (χ1) is 13.0. The predicted molar refractivity (Wildman–Crippen MR) is 109 cm³/mol. The van der Waals surface area contributed by atoms with Gasteiger partial charge in [-0.3, -0.25) is 4.79 Å². The molecule has 0 spiro atoms. The lowest BCUT2D eigenvalue weighted by Gasteiger charge is -2.20. The van der Waals surface area contributed by atoms with Gasteiger partial charge in [0.25, 0.3) is 0 Å². The number of rotatable bonds is 5. The van der Waals surface area contributed by atoms with Crippen LogP contribution in [0.25, 0.3) is 0 Å². The molecule has 1 aliphatic carbocycles. The van der Waals surface area contributed by atoms with Crippen LogP contribution in [0, 0.1) is 25.2 Å². The zero-order valence-corrected chi connectivity index (χ0v) is 16.9. The number of fused-ring (bicyclic) bond motifs is 1. The van der Waals surface area contributed by atoms with Crippen LogP contribution in [0.2, 0.25) is 0 Å². The third-order valence-electron chi connectivity index (χ3n) is 5.01. The van der Waals surface area contributed by atoms with Gasteiger partial charge in [0.15, 0.2) is 0 Å². The maximum Gasteiger partial charge on any atom is 0.230 e. The zero-order chi connectivity index (χ0) is 19.4. The van der Waals surface area contributed by atoms with Crippen molar-refractivity contribution in [3.8, 4) is 6.07 Å². The van der Waals surface area contributed by atoms with Crippen molar-refractivity contribution < 1.29 is 4.79 Å². The van der Waals surface area contributed by atoms with Gasteiger partial charge in [0.2, 0.25) is 5.91 Å². The summed E-state index contributed by atoms with van der Waals surface area (Å²) in [6.45, 7) is 5.81. The molecule has 5 heteroatoms. The highest BCUT2D eigenvalue weighted by molar-refractivity contribution is 8.00. The number of benzene rings is 1. The molecule has 4 nitrogen and oxygen atoms in total. The fourth-order valence-electron chi connectivity index (χ4n) is 3.57. The van der Waals surface area contributed by atoms with Crippen molar-refractivity contribution in [3.05, 3.63) is 57.8 Å². The number of nitriles is 1. The molecule has 0 saturated heterocycles. The standard InChI is InChI=1S/C22H25N3OS/c1-14-10-15(2)24-22(20(14)12-23)27-13-21(26)25-16(3)18-9-8-17-6-4-5-7-19(17)11-18/h8-11,16H,4-7,13H2,1-3H3,(H,25,26). The minimum atomic E-state index is -0.0462. The summed E-state index contributed by atoms with van der Waals surface area (Å²) < 4.78 is 0. The van der Waals surface area contributed by atoms with E-state index in [2.05, 4.69) is 34.6 Å². The Morgan fingerprint density at radius 1 is 1.26 bits per heavy atom. The minimum absolute atomic E-state index is 0.0343. The van der Waals surface area contributed by atoms with Gasteiger partial charge < -0.3 is 5.32 Å². The van der Waals surface area contributed by atoms with E-state index in [1.54, 1.807) is 0 Å². The Hall–Kier alpha value is -2.32. The number of amides is 1. The Balaban J connectivity index is 1.62. The Labute approximate surface area is 165 Å². The SMILES string of the molecule is Cc1cc(C)c(C#N)c(SCC(=O)NC(C)c2ccc3c(c2)CCCC3)n1. The molecule has 3 rings (SSSR count). The average Bonchev–Trinajstić information content (AvgIpc) is 2.65. The Morgan fingerprint density at radius 3 is 2.74 bits per heavy atom. The molecule has 2 aromatic rings. The molecular weight excluding hydrogens is 354 g/mol. The smallest absolute Gasteiger partial charge is 0.230 e. The van der Waals surface area contributed by atoms with Crippen molar-refractivity contribution in [3.63, 3.8) is 0 Å². The summed E-state index contributed by atoms with van der Waals surface area (Å²) in [6, 6.07) is 10.6. The molecule has 1 unspecified atom stereocenters. The highest BCUT2D eigenvalue weighted by Crippen LogP contribution is 2.26. The topological polar surface area (TPSA) is 65.8 Å². The van der Waals surface area contributed by atoms with Gasteiger partial charge in [-0.15, -0.1) is 0 Å². The number of hydrogen-bond donors (Lipinski definition) is 1. The number of thioether (sulfide) groups is 1. The highest BCUT2D eigenvalue weighted by atomic mass is 32.2. The molecule has 0 radical (unpaired) electrons. The van der Waals surface area contributed by atoms with E-state index >= 15 is 0 Å². The minimum Gasteiger partial charge on any atom is -0.349 e.